The van der Waals surface area contributed by atoms with Crippen LogP contribution in [0.5, 0.6) is 0 Å². The molecule has 0 bridgehead atoms. The van der Waals surface area contributed by atoms with Crippen molar-refractivity contribution in [3.05, 3.63) is 62.3 Å². The van der Waals surface area contributed by atoms with Gasteiger partial charge in [-0.2, -0.15) is 0 Å². The van der Waals surface area contributed by atoms with Gasteiger partial charge in [0.25, 0.3) is 5.56 Å². The van der Waals surface area contributed by atoms with E-state index in [0.29, 0.717) is 18.3 Å². The lowest BCUT2D eigenvalue weighted by atomic mass is 9.88. The van der Waals surface area contributed by atoms with Crippen LogP contribution in [0.2, 0.25) is 0 Å². The molecular formula is C19H25N3O2. The Kier molecular flexibility index (Phi) is 4.88. The Hall–Kier alpha value is -2.30. The second-order valence-electron chi connectivity index (χ2n) is 6.95. The molecule has 0 fully saturated rings. The second kappa shape index (κ2) is 7.07. The second-order valence-corrected chi connectivity index (χ2v) is 6.95. The number of nitrogens with one attached hydrogen (secondary N) is 2. The Morgan fingerprint density at radius 3 is 2.83 bits per heavy atom. The van der Waals surface area contributed by atoms with E-state index < -0.39 is 0 Å². The molecule has 1 aliphatic rings. The van der Waals surface area contributed by atoms with Crippen molar-refractivity contribution in [3.8, 4) is 0 Å². The molecule has 5 heteroatoms. The molecule has 1 heterocycles. The fourth-order valence-electron chi connectivity index (χ4n) is 3.29. The quantitative estimate of drug-likeness (QED) is 0.887. The first-order valence-corrected chi connectivity index (χ1v) is 8.73. The fourth-order valence-corrected chi connectivity index (χ4v) is 3.29. The number of benzene rings is 1. The van der Waals surface area contributed by atoms with Crippen LogP contribution in [0, 0.1) is 5.92 Å². The lowest BCUT2D eigenvalue weighted by Crippen LogP contribution is -2.36. The molecule has 1 aromatic carbocycles. The number of hydrogen-bond donors (Lipinski definition) is 2. The Labute approximate surface area is 141 Å². The molecule has 0 amide bonds. The van der Waals surface area contributed by atoms with Gasteiger partial charge in [-0.3, -0.25) is 14.3 Å². The van der Waals surface area contributed by atoms with Crippen LogP contribution in [0.25, 0.3) is 0 Å². The minimum absolute atomic E-state index is 0.136. The Bertz CT molecular complexity index is 789. The van der Waals surface area contributed by atoms with Crippen molar-refractivity contribution in [2.45, 2.75) is 52.1 Å². The van der Waals surface area contributed by atoms with E-state index in [0.717, 1.165) is 25.7 Å². The van der Waals surface area contributed by atoms with Gasteiger partial charge in [0.15, 0.2) is 0 Å². The van der Waals surface area contributed by atoms with Crippen LogP contribution >= 0.6 is 0 Å². The summed E-state index contributed by atoms with van der Waals surface area (Å²) in [6.07, 6.45) is 3.99. The molecule has 128 valence electrons. The van der Waals surface area contributed by atoms with Gasteiger partial charge in [-0.1, -0.05) is 38.1 Å². The SMILES string of the molecule is CC(C)CCn1c(=O)cc(N[C@H]2CCCc3ccccc32)[nH]c1=O. The fraction of sp³-hybridized carbons (Fsp3) is 0.474. The van der Waals surface area contributed by atoms with Crippen LogP contribution in [-0.2, 0) is 13.0 Å². The summed E-state index contributed by atoms with van der Waals surface area (Å²) in [6.45, 7) is 4.61. The Morgan fingerprint density at radius 2 is 2.08 bits per heavy atom. The van der Waals surface area contributed by atoms with Gasteiger partial charge in [0.2, 0.25) is 0 Å². The average molecular weight is 327 g/mol. The number of anilines is 1. The Balaban J connectivity index is 1.82. The number of rotatable bonds is 5. The van der Waals surface area contributed by atoms with Crippen molar-refractivity contribution in [3.63, 3.8) is 0 Å². The standard InChI is InChI=1S/C19H25N3O2/c1-13(2)10-11-22-18(23)12-17(21-19(22)24)20-16-9-5-7-14-6-3-4-8-15(14)16/h3-4,6,8,12-13,16,20H,5,7,9-11H2,1-2H3,(H,21,24)/t16-/m0/s1. The summed E-state index contributed by atoms with van der Waals surface area (Å²) in [5.74, 6) is 0.959. The lowest BCUT2D eigenvalue weighted by Gasteiger charge is -2.27. The highest BCUT2D eigenvalue weighted by atomic mass is 16.2. The molecule has 0 saturated heterocycles. The number of aryl methyl sites for hydroxylation is 1. The maximum absolute atomic E-state index is 12.3. The third-order valence-corrected chi connectivity index (χ3v) is 4.65. The normalized spacial score (nSPS) is 16.9. The molecule has 2 N–H and O–H groups in total. The molecule has 1 aromatic heterocycles. The predicted molar refractivity (Wildman–Crippen MR) is 96.5 cm³/mol. The average Bonchev–Trinajstić information content (AvgIpc) is 2.54. The smallest absolute Gasteiger partial charge is 0.329 e. The van der Waals surface area contributed by atoms with E-state index in [1.807, 2.05) is 6.07 Å². The number of H-pyrrole nitrogens is 1. The van der Waals surface area contributed by atoms with Gasteiger partial charge in [0, 0.05) is 12.6 Å². The number of hydrogen-bond acceptors (Lipinski definition) is 3. The van der Waals surface area contributed by atoms with Crippen molar-refractivity contribution in [2.75, 3.05) is 5.32 Å². The highest BCUT2D eigenvalue weighted by molar-refractivity contribution is 5.41. The van der Waals surface area contributed by atoms with Crippen molar-refractivity contribution in [2.24, 2.45) is 5.92 Å². The highest BCUT2D eigenvalue weighted by Crippen LogP contribution is 2.31. The number of aromatic nitrogens is 2. The topological polar surface area (TPSA) is 66.9 Å². The van der Waals surface area contributed by atoms with E-state index in [1.54, 1.807) is 0 Å². The molecule has 1 atom stereocenters. The summed E-state index contributed by atoms with van der Waals surface area (Å²) in [6, 6.07) is 9.99. The van der Waals surface area contributed by atoms with Gasteiger partial charge in [0.1, 0.15) is 5.82 Å². The van der Waals surface area contributed by atoms with Crippen LogP contribution in [0.15, 0.2) is 39.9 Å². The molecule has 0 radical (unpaired) electrons. The van der Waals surface area contributed by atoms with Crippen LogP contribution < -0.4 is 16.6 Å². The van der Waals surface area contributed by atoms with E-state index in [-0.39, 0.29) is 17.3 Å². The molecule has 5 nitrogen and oxygen atoms in total. The van der Waals surface area contributed by atoms with Crippen molar-refractivity contribution in [1.82, 2.24) is 9.55 Å². The minimum atomic E-state index is -0.338. The first-order chi connectivity index (χ1) is 11.5. The van der Waals surface area contributed by atoms with Crippen molar-refractivity contribution >= 4 is 5.82 Å². The third-order valence-electron chi connectivity index (χ3n) is 4.65. The van der Waals surface area contributed by atoms with Crippen LogP contribution in [0.1, 0.15) is 50.3 Å². The van der Waals surface area contributed by atoms with Crippen molar-refractivity contribution in [1.29, 1.82) is 0 Å². The van der Waals surface area contributed by atoms with E-state index in [1.165, 1.54) is 21.8 Å². The van der Waals surface area contributed by atoms with Crippen LogP contribution in [0.4, 0.5) is 5.82 Å². The van der Waals surface area contributed by atoms with E-state index in [9.17, 15) is 9.59 Å². The zero-order chi connectivity index (χ0) is 17.1. The molecule has 0 saturated carbocycles. The summed E-state index contributed by atoms with van der Waals surface area (Å²) in [4.78, 5) is 27.3. The number of aromatic amines is 1. The highest BCUT2D eigenvalue weighted by Gasteiger charge is 2.20. The summed E-state index contributed by atoms with van der Waals surface area (Å²) < 4.78 is 1.28. The van der Waals surface area contributed by atoms with Gasteiger partial charge >= 0.3 is 5.69 Å². The third kappa shape index (κ3) is 3.61. The molecule has 3 rings (SSSR count). The predicted octanol–water partition coefficient (Wildman–Crippen LogP) is 3.07. The monoisotopic (exact) mass is 327 g/mol. The van der Waals surface area contributed by atoms with Gasteiger partial charge in [-0.05, 0) is 42.7 Å². The summed E-state index contributed by atoms with van der Waals surface area (Å²) in [5, 5.41) is 3.34. The van der Waals surface area contributed by atoms with Gasteiger partial charge in [-0.15, -0.1) is 0 Å². The minimum Gasteiger partial charge on any atom is -0.365 e. The summed E-state index contributed by atoms with van der Waals surface area (Å²) in [7, 11) is 0. The number of nitrogens with zero attached hydrogens (tertiary/aromatic N) is 1. The van der Waals surface area contributed by atoms with Crippen LogP contribution in [-0.4, -0.2) is 9.55 Å². The van der Waals surface area contributed by atoms with Crippen molar-refractivity contribution < 1.29 is 0 Å². The zero-order valence-corrected chi connectivity index (χ0v) is 14.3. The lowest BCUT2D eigenvalue weighted by molar-refractivity contribution is 0.494. The molecule has 0 aliphatic heterocycles. The Morgan fingerprint density at radius 1 is 1.29 bits per heavy atom. The molecule has 0 unspecified atom stereocenters. The summed E-state index contributed by atoms with van der Waals surface area (Å²) >= 11 is 0. The maximum atomic E-state index is 12.3. The zero-order valence-electron chi connectivity index (χ0n) is 14.3. The molecule has 24 heavy (non-hydrogen) atoms. The largest absolute Gasteiger partial charge is 0.365 e. The van der Waals surface area contributed by atoms with Gasteiger partial charge in [-0.25, -0.2) is 4.79 Å². The molecule has 1 aliphatic carbocycles. The van der Waals surface area contributed by atoms with Gasteiger partial charge in [0.05, 0.1) is 6.04 Å². The molecular weight excluding hydrogens is 302 g/mol. The van der Waals surface area contributed by atoms with E-state index in [2.05, 4.69) is 42.3 Å². The summed E-state index contributed by atoms with van der Waals surface area (Å²) in [5.41, 5.74) is 2.02. The van der Waals surface area contributed by atoms with Gasteiger partial charge < -0.3 is 5.32 Å². The van der Waals surface area contributed by atoms with Crippen LogP contribution in [0.3, 0.4) is 0 Å². The van der Waals surface area contributed by atoms with E-state index >= 15 is 0 Å². The molecule has 0 spiro atoms. The first kappa shape index (κ1) is 16.6. The first-order valence-electron chi connectivity index (χ1n) is 8.73. The maximum Gasteiger partial charge on any atom is 0.329 e. The molecule has 2 aromatic rings. The number of fused-ring (bicyclic) bond motifs is 1. The van der Waals surface area contributed by atoms with E-state index in [4.69, 9.17) is 0 Å².